The van der Waals surface area contributed by atoms with Crippen LogP contribution in [0.3, 0.4) is 0 Å². The van der Waals surface area contributed by atoms with Gasteiger partial charge in [0.05, 0.1) is 12.7 Å². The summed E-state index contributed by atoms with van der Waals surface area (Å²) in [6.07, 6.45) is 6.79. The standard InChI is InChI=1S/C26H35N3O5/c1-3-20(30)15-27-24(32)21-16-29(13-14-34-2)17-22(23(21)31)25(33)28-18-26(11-7-8-12-26)19-9-5-4-6-10-19/h4-6,9-10,16-17,20,30H,3,7-8,11-15,18H2,1-2H3,(H,27,32)(H,28,33)/t20-/m1/s1. The Hall–Kier alpha value is -2.97. The lowest BCUT2D eigenvalue weighted by Gasteiger charge is -2.30. The van der Waals surface area contributed by atoms with Crippen molar-refractivity contribution in [3.05, 3.63) is 69.6 Å². The number of carbonyl (C=O) groups is 2. The molecule has 0 bridgehead atoms. The van der Waals surface area contributed by atoms with Crippen molar-refractivity contribution in [3.63, 3.8) is 0 Å². The van der Waals surface area contributed by atoms with Gasteiger partial charge in [-0.2, -0.15) is 0 Å². The minimum absolute atomic E-state index is 0.0306. The highest BCUT2D eigenvalue weighted by atomic mass is 16.5. The molecule has 1 aliphatic rings. The Kier molecular flexibility index (Phi) is 9.01. The SMILES string of the molecule is CC[C@@H](O)CNC(=O)c1cn(CCOC)cc(C(=O)NCC2(c3ccccc3)CCCC2)c1=O. The van der Waals surface area contributed by atoms with Crippen LogP contribution in [0.2, 0.25) is 0 Å². The first-order valence-corrected chi connectivity index (χ1v) is 11.9. The van der Waals surface area contributed by atoms with Gasteiger partial charge in [-0.1, -0.05) is 50.1 Å². The van der Waals surface area contributed by atoms with Crippen LogP contribution in [-0.4, -0.2) is 54.4 Å². The summed E-state index contributed by atoms with van der Waals surface area (Å²) in [5.41, 5.74) is 0.187. The van der Waals surface area contributed by atoms with Gasteiger partial charge in [0.15, 0.2) is 0 Å². The zero-order valence-corrected chi connectivity index (χ0v) is 20.0. The van der Waals surface area contributed by atoms with E-state index in [9.17, 15) is 19.5 Å². The van der Waals surface area contributed by atoms with Crippen molar-refractivity contribution in [2.24, 2.45) is 0 Å². The second-order valence-corrected chi connectivity index (χ2v) is 8.95. The van der Waals surface area contributed by atoms with E-state index < -0.39 is 23.3 Å². The third-order valence-electron chi connectivity index (χ3n) is 6.63. The van der Waals surface area contributed by atoms with E-state index in [-0.39, 0.29) is 23.1 Å². The summed E-state index contributed by atoms with van der Waals surface area (Å²) in [5.74, 6) is -1.11. The van der Waals surface area contributed by atoms with Crippen molar-refractivity contribution in [2.45, 2.75) is 57.1 Å². The first-order valence-electron chi connectivity index (χ1n) is 11.9. The monoisotopic (exact) mass is 469 g/mol. The van der Waals surface area contributed by atoms with Crippen LogP contribution in [0.15, 0.2) is 47.5 Å². The average Bonchev–Trinajstić information content (AvgIpc) is 3.35. The zero-order chi connectivity index (χ0) is 24.6. The molecule has 1 atom stereocenters. The molecule has 184 valence electrons. The topological polar surface area (TPSA) is 110 Å². The quantitative estimate of drug-likeness (QED) is 0.468. The first kappa shape index (κ1) is 25.6. The molecule has 8 nitrogen and oxygen atoms in total. The fourth-order valence-electron chi connectivity index (χ4n) is 4.49. The Balaban J connectivity index is 1.84. The maximum absolute atomic E-state index is 13.2. The molecule has 0 aliphatic heterocycles. The number of nitrogens with zero attached hydrogens (tertiary/aromatic N) is 1. The number of hydrogen-bond donors (Lipinski definition) is 3. The average molecular weight is 470 g/mol. The van der Waals surface area contributed by atoms with Crippen LogP contribution >= 0.6 is 0 Å². The van der Waals surface area contributed by atoms with E-state index in [2.05, 4.69) is 22.8 Å². The Morgan fingerprint density at radius 3 is 2.29 bits per heavy atom. The highest BCUT2D eigenvalue weighted by molar-refractivity contribution is 5.99. The van der Waals surface area contributed by atoms with Crippen molar-refractivity contribution in [3.8, 4) is 0 Å². The van der Waals surface area contributed by atoms with Crippen molar-refractivity contribution >= 4 is 11.8 Å². The van der Waals surface area contributed by atoms with Crippen molar-refractivity contribution in [1.82, 2.24) is 15.2 Å². The highest BCUT2D eigenvalue weighted by Gasteiger charge is 2.36. The smallest absolute Gasteiger partial charge is 0.256 e. The lowest BCUT2D eigenvalue weighted by molar-refractivity contribution is 0.0911. The molecule has 34 heavy (non-hydrogen) atoms. The van der Waals surface area contributed by atoms with Gasteiger partial charge < -0.3 is 25.0 Å². The summed E-state index contributed by atoms with van der Waals surface area (Å²) in [6, 6.07) is 10.2. The summed E-state index contributed by atoms with van der Waals surface area (Å²) in [6.45, 7) is 2.99. The van der Waals surface area contributed by atoms with Crippen LogP contribution in [0.25, 0.3) is 0 Å². The number of carbonyl (C=O) groups excluding carboxylic acids is 2. The molecule has 0 spiro atoms. The van der Waals surface area contributed by atoms with Crippen LogP contribution in [0.4, 0.5) is 0 Å². The lowest BCUT2D eigenvalue weighted by Crippen LogP contribution is -2.42. The van der Waals surface area contributed by atoms with E-state index >= 15 is 0 Å². The van der Waals surface area contributed by atoms with E-state index in [0.717, 1.165) is 25.7 Å². The second kappa shape index (κ2) is 11.9. The summed E-state index contributed by atoms with van der Waals surface area (Å²) >= 11 is 0. The van der Waals surface area contributed by atoms with Crippen LogP contribution in [0.5, 0.6) is 0 Å². The van der Waals surface area contributed by atoms with Crippen LogP contribution in [-0.2, 0) is 16.7 Å². The van der Waals surface area contributed by atoms with E-state index in [1.807, 2.05) is 18.2 Å². The van der Waals surface area contributed by atoms with Gasteiger partial charge in [0, 0.05) is 44.6 Å². The number of aliphatic hydroxyl groups is 1. The largest absolute Gasteiger partial charge is 0.391 e. The van der Waals surface area contributed by atoms with Gasteiger partial charge >= 0.3 is 0 Å². The predicted octanol–water partition coefficient (Wildman–Crippen LogP) is 2.24. The molecule has 8 heteroatoms. The molecule has 1 heterocycles. The van der Waals surface area contributed by atoms with Crippen molar-refractivity contribution in [2.75, 3.05) is 26.8 Å². The van der Waals surface area contributed by atoms with Gasteiger partial charge in [-0.15, -0.1) is 0 Å². The third-order valence-corrected chi connectivity index (χ3v) is 6.63. The number of rotatable bonds is 11. The summed E-state index contributed by atoms with van der Waals surface area (Å²) < 4.78 is 6.73. The van der Waals surface area contributed by atoms with E-state index in [1.54, 1.807) is 18.6 Å². The van der Waals surface area contributed by atoms with Crippen molar-refractivity contribution < 1.29 is 19.4 Å². The van der Waals surface area contributed by atoms with Gasteiger partial charge in [-0.05, 0) is 24.8 Å². The fraction of sp³-hybridized carbons (Fsp3) is 0.500. The number of hydrogen-bond acceptors (Lipinski definition) is 5. The predicted molar refractivity (Wildman–Crippen MR) is 130 cm³/mol. The maximum Gasteiger partial charge on any atom is 0.256 e. The van der Waals surface area contributed by atoms with Crippen LogP contribution in [0.1, 0.15) is 65.3 Å². The molecule has 1 fully saturated rings. The molecule has 2 amide bonds. The number of amides is 2. The van der Waals surface area contributed by atoms with E-state index in [4.69, 9.17) is 4.74 Å². The summed E-state index contributed by atoms with van der Waals surface area (Å²) in [7, 11) is 1.56. The second-order valence-electron chi connectivity index (χ2n) is 8.95. The molecular weight excluding hydrogens is 434 g/mol. The maximum atomic E-state index is 13.2. The minimum Gasteiger partial charge on any atom is -0.391 e. The van der Waals surface area contributed by atoms with Gasteiger partial charge in [0.2, 0.25) is 5.43 Å². The molecule has 3 N–H and O–H groups in total. The highest BCUT2D eigenvalue weighted by Crippen LogP contribution is 2.40. The Labute approximate surface area is 200 Å². The number of methoxy groups -OCH3 is 1. The first-order chi connectivity index (χ1) is 16.4. The van der Waals surface area contributed by atoms with Gasteiger partial charge in [0.1, 0.15) is 11.1 Å². The van der Waals surface area contributed by atoms with Crippen LogP contribution in [0, 0.1) is 0 Å². The Bertz CT molecular complexity index is 1030. The zero-order valence-electron chi connectivity index (χ0n) is 20.0. The Morgan fingerprint density at radius 2 is 1.71 bits per heavy atom. The molecule has 2 aromatic rings. The molecule has 1 aromatic heterocycles. The Morgan fingerprint density at radius 1 is 1.09 bits per heavy atom. The van der Waals surface area contributed by atoms with E-state index in [1.165, 1.54) is 18.0 Å². The molecule has 0 saturated heterocycles. The lowest BCUT2D eigenvalue weighted by atomic mass is 9.79. The number of pyridine rings is 1. The molecule has 1 aromatic carbocycles. The number of benzene rings is 1. The normalized spacial score (nSPS) is 15.6. The van der Waals surface area contributed by atoms with Gasteiger partial charge in [0.25, 0.3) is 11.8 Å². The summed E-state index contributed by atoms with van der Waals surface area (Å²) in [5, 5.41) is 15.3. The van der Waals surface area contributed by atoms with E-state index in [0.29, 0.717) is 26.1 Å². The molecular formula is C26H35N3O5. The molecule has 0 radical (unpaired) electrons. The number of nitrogens with one attached hydrogen (secondary N) is 2. The van der Waals surface area contributed by atoms with Crippen LogP contribution < -0.4 is 16.1 Å². The molecule has 0 unspecified atom stereocenters. The number of aliphatic hydroxyl groups excluding tert-OH is 1. The van der Waals surface area contributed by atoms with Crippen molar-refractivity contribution in [1.29, 1.82) is 0 Å². The molecule has 3 rings (SSSR count). The number of ether oxygens (including phenoxy) is 1. The van der Waals surface area contributed by atoms with Gasteiger partial charge in [-0.25, -0.2) is 0 Å². The summed E-state index contributed by atoms with van der Waals surface area (Å²) in [4.78, 5) is 39.0. The molecule has 1 saturated carbocycles. The number of aromatic nitrogens is 1. The third kappa shape index (κ3) is 6.12. The molecule has 1 aliphatic carbocycles. The van der Waals surface area contributed by atoms with Gasteiger partial charge in [-0.3, -0.25) is 14.4 Å². The minimum atomic E-state index is -0.702. The fourth-order valence-corrected chi connectivity index (χ4v) is 4.49.